The molecule has 5 nitrogen and oxygen atoms in total. The second-order valence-electron chi connectivity index (χ2n) is 5.35. The number of carbonyl (C=O) groups excluding carboxylic acids is 1. The molecule has 23 heavy (non-hydrogen) atoms. The molecule has 1 aromatic heterocycles. The van der Waals surface area contributed by atoms with Crippen molar-refractivity contribution >= 4 is 17.2 Å². The predicted molar refractivity (Wildman–Crippen MR) is 89.7 cm³/mol. The molecule has 1 aliphatic heterocycles. The third kappa shape index (κ3) is 4.24. The molecular weight excluding hydrogens is 312 g/mol. The van der Waals surface area contributed by atoms with Crippen LogP contribution in [0.1, 0.15) is 17.4 Å². The summed E-state index contributed by atoms with van der Waals surface area (Å²) in [7, 11) is 0. The Bertz CT molecular complexity index is 658. The topological polar surface area (TPSA) is 50.8 Å². The molecule has 0 bridgehead atoms. The first kappa shape index (κ1) is 15.8. The van der Waals surface area contributed by atoms with Gasteiger partial charge in [-0.2, -0.15) is 0 Å². The average molecular weight is 332 g/mol. The van der Waals surface area contributed by atoms with Crippen molar-refractivity contribution in [3.05, 3.63) is 46.2 Å². The molecule has 0 fully saturated rings. The van der Waals surface area contributed by atoms with Crippen LogP contribution in [-0.2, 0) is 17.9 Å². The predicted octanol–water partition coefficient (Wildman–Crippen LogP) is 2.62. The summed E-state index contributed by atoms with van der Waals surface area (Å²) in [4.78, 5) is 15.5. The van der Waals surface area contributed by atoms with Crippen molar-refractivity contribution in [3.8, 4) is 11.5 Å². The number of nitrogens with zero attached hydrogens (tertiary/aromatic N) is 1. The Kier molecular flexibility index (Phi) is 5.15. The van der Waals surface area contributed by atoms with E-state index in [0.29, 0.717) is 13.1 Å². The van der Waals surface area contributed by atoms with Gasteiger partial charge in [0.05, 0.1) is 6.54 Å². The summed E-state index contributed by atoms with van der Waals surface area (Å²) >= 11 is 1.72. The molecule has 1 N–H and O–H groups in total. The zero-order chi connectivity index (χ0) is 16.1. The van der Waals surface area contributed by atoms with Gasteiger partial charge in [0.25, 0.3) is 0 Å². The molecular formula is C17H20N2O3S. The third-order valence-corrected chi connectivity index (χ3v) is 4.56. The smallest absolute Gasteiger partial charge is 0.234 e. The minimum atomic E-state index is 0.0288. The van der Waals surface area contributed by atoms with Crippen LogP contribution in [-0.4, -0.2) is 30.7 Å². The fraction of sp³-hybridized carbons (Fsp3) is 0.353. The van der Waals surface area contributed by atoms with Crippen LogP contribution >= 0.6 is 11.3 Å². The van der Waals surface area contributed by atoms with Gasteiger partial charge >= 0.3 is 0 Å². The molecule has 1 aliphatic rings. The van der Waals surface area contributed by atoms with E-state index in [9.17, 15) is 4.79 Å². The number of benzene rings is 1. The summed E-state index contributed by atoms with van der Waals surface area (Å²) in [5, 5.41) is 5.02. The van der Waals surface area contributed by atoms with Crippen LogP contribution in [0.2, 0.25) is 0 Å². The van der Waals surface area contributed by atoms with Crippen molar-refractivity contribution in [3.63, 3.8) is 0 Å². The number of rotatable bonds is 7. The van der Waals surface area contributed by atoms with Crippen LogP contribution in [0.5, 0.6) is 11.5 Å². The van der Waals surface area contributed by atoms with E-state index in [4.69, 9.17) is 9.47 Å². The summed E-state index contributed by atoms with van der Waals surface area (Å²) in [5.74, 6) is 1.53. The molecule has 0 spiro atoms. The van der Waals surface area contributed by atoms with Crippen LogP contribution in [0.15, 0.2) is 35.7 Å². The van der Waals surface area contributed by atoms with E-state index >= 15 is 0 Å². The lowest BCUT2D eigenvalue weighted by molar-refractivity contribution is -0.122. The number of carbonyl (C=O) groups is 1. The molecule has 0 unspecified atom stereocenters. The molecule has 0 radical (unpaired) electrons. The van der Waals surface area contributed by atoms with Crippen LogP contribution in [0.3, 0.4) is 0 Å². The zero-order valence-electron chi connectivity index (χ0n) is 13.1. The van der Waals surface area contributed by atoms with Crippen LogP contribution < -0.4 is 14.8 Å². The summed E-state index contributed by atoms with van der Waals surface area (Å²) in [6, 6.07) is 9.85. The highest BCUT2D eigenvalue weighted by Gasteiger charge is 2.14. The van der Waals surface area contributed by atoms with E-state index < -0.39 is 0 Å². The standard InChI is InChI=1S/C17H20N2O3S/c1-2-19(10-14-4-3-7-23-14)11-17(20)18-9-13-5-6-15-16(8-13)22-12-21-15/h3-8H,2,9-12H2,1H3,(H,18,20). The molecule has 2 aromatic rings. The Morgan fingerprint density at radius 2 is 2.17 bits per heavy atom. The van der Waals surface area contributed by atoms with Crippen molar-refractivity contribution in [1.29, 1.82) is 0 Å². The van der Waals surface area contributed by atoms with E-state index in [1.807, 2.05) is 24.3 Å². The van der Waals surface area contributed by atoms with Crippen molar-refractivity contribution in [2.45, 2.75) is 20.0 Å². The largest absolute Gasteiger partial charge is 0.454 e. The van der Waals surface area contributed by atoms with Crippen molar-refractivity contribution in [1.82, 2.24) is 10.2 Å². The molecule has 0 saturated heterocycles. The van der Waals surface area contributed by atoms with E-state index in [1.54, 1.807) is 11.3 Å². The molecule has 3 rings (SSSR count). The van der Waals surface area contributed by atoms with E-state index in [-0.39, 0.29) is 12.7 Å². The number of amides is 1. The molecule has 6 heteroatoms. The van der Waals surface area contributed by atoms with Gasteiger partial charge in [0.2, 0.25) is 12.7 Å². The molecule has 122 valence electrons. The van der Waals surface area contributed by atoms with Gasteiger partial charge in [-0.15, -0.1) is 11.3 Å². The van der Waals surface area contributed by atoms with E-state index in [1.165, 1.54) is 4.88 Å². The van der Waals surface area contributed by atoms with Crippen molar-refractivity contribution in [2.24, 2.45) is 0 Å². The van der Waals surface area contributed by atoms with Gasteiger partial charge in [0.1, 0.15) is 0 Å². The number of nitrogens with one attached hydrogen (secondary N) is 1. The van der Waals surface area contributed by atoms with Gasteiger partial charge in [0.15, 0.2) is 11.5 Å². The third-order valence-electron chi connectivity index (χ3n) is 3.70. The first-order valence-electron chi connectivity index (χ1n) is 7.64. The summed E-state index contributed by atoms with van der Waals surface area (Å²) in [5.41, 5.74) is 1.00. The Morgan fingerprint density at radius 3 is 2.96 bits per heavy atom. The Morgan fingerprint density at radius 1 is 1.30 bits per heavy atom. The average Bonchev–Trinajstić information content (AvgIpc) is 3.23. The van der Waals surface area contributed by atoms with E-state index in [2.05, 4.69) is 28.6 Å². The quantitative estimate of drug-likeness (QED) is 0.847. The molecule has 0 saturated carbocycles. The summed E-state index contributed by atoms with van der Waals surface area (Å²) in [6.45, 7) is 4.88. The van der Waals surface area contributed by atoms with E-state index in [0.717, 1.165) is 30.2 Å². The van der Waals surface area contributed by atoms with Crippen LogP contribution in [0, 0.1) is 0 Å². The molecule has 1 amide bonds. The maximum absolute atomic E-state index is 12.1. The molecule has 1 aromatic carbocycles. The van der Waals surface area contributed by atoms with Gasteiger partial charge in [-0.3, -0.25) is 9.69 Å². The lowest BCUT2D eigenvalue weighted by Crippen LogP contribution is -2.36. The highest BCUT2D eigenvalue weighted by Crippen LogP contribution is 2.32. The minimum absolute atomic E-state index is 0.0288. The van der Waals surface area contributed by atoms with Gasteiger partial charge in [0, 0.05) is 18.0 Å². The lowest BCUT2D eigenvalue weighted by atomic mass is 10.2. The second-order valence-corrected chi connectivity index (χ2v) is 6.38. The number of fused-ring (bicyclic) bond motifs is 1. The number of hydrogen-bond donors (Lipinski definition) is 1. The molecule has 0 aliphatic carbocycles. The lowest BCUT2D eigenvalue weighted by Gasteiger charge is -2.19. The number of thiophene rings is 1. The normalized spacial score (nSPS) is 12.6. The maximum Gasteiger partial charge on any atom is 0.234 e. The fourth-order valence-electron chi connectivity index (χ4n) is 2.41. The molecule has 0 atom stereocenters. The van der Waals surface area contributed by atoms with Crippen LogP contribution in [0.4, 0.5) is 0 Å². The molecule has 2 heterocycles. The summed E-state index contributed by atoms with van der Waals surface area (Å²) < 4.78 is 10.6. The zero-order valence-corrected chi connectivity index (χ0v) is 13.9. The first-order chi connectivity index (χ1) is 11.2. The Labute approximate surface area is 139 Å². The Hall–Kier alpha value is -2.05. The summed E-state index contributed by atoms with van der Waals surface area (Å²) in [6.07, 6.45) is 0. The highest BCUT2D eigenvalue weighted by atomic mass is 32.1. The number of likely N-dealkylation sites (N-methyl/N-ethyl adjacent to an activating group) is 1. The van der Waals surface area contributed by atoms with Gasteiger partial charge in [-0.05, 0) is 35.7 Å². The second kappa shape index (κ2) is 7.48. The van der Waals surface area contributed by atoms with Gasteiger partial charge in [-0.25, -0.2) is 0 Å². The monoisotopic (exact) mass is 332 g/mol. The van der Waals surface area contributed by atoms with Gasteiger partial charge < -0.3 is 14.8 Å². The van der Waals surface area contributed by atoms with Gasteiger partial charge in [-0.1, -0.05) is 19.1 Å². The number of hydrogen-bond acceptors (Lipinski definition) is 5. The van der Waals surface area contributed by atoms with Crippen molar-refractivity contribution in [2.75, 3.05) is 19.9 Å². The van der Waals surface area contributed by atoms with Crippen LogP contribution in [0.25, 0.3) is 0 Å². The highest BCUT2D eigenvalue weighted by molar-refractivity contribution is 7.09. The first-order valence-corrected chi connectivity index (χ1v) is 8.52. The SMILES string of the molecule is CCN(CC(=O)NCc1ccc2c(c1)OCO2)Cc1cccs1. The number of ether oxygens (including phenoxy) is 2. The fourth-order valence-corrected chi connectivity index (χ4v) is 3.16. The maximum atomic E-state index is 12.1. The minimum Gasteiger partial charge on any atom is -0.454 e. The Balaban J connectivity index is 1.48. The van der Waals surface area contributed by atoms with Crippen molar-refractivity contribution < 1.29 is 14.3 Å².